The van der Waals surface area contributed by atoms with E-state index in [0.717, 1.165) is 34.5 Å². The number of allylic oxidation sites excluding steroid dienone is 1. The molecule has 0 fully saturated rings. The van der Waals surface area contributed by atoms with Gasteiger partial charge in [0.15, 0.2) is 0 Å². The predicted octanol–water partition coefficient (Wildman–Crippen LogP) is 4.48. The Kier molecular flexibility index (Phi) is 4.04. The van der Waals surface area contributed by atoms with Gasteiger partial charge in [0.1, 0.15) is 5.78 Å². The summed E-state index contributed by atoms with van der Waals surface area (Å²) in [6.07, 6.45) is 1.65. The third-order valence-corrected chi connectivity index (χ3v) is 4.24. The number of carbonyl (C=O) groups is 1. The molecule has 2 nitrogen and oxygen atoms in total. The minimum Gasteiger partial charge on any atom is -0.359 e. The average Bonchev–Trinajstić information content (AvgIpc) is 2.82. The van der Waals surface area contributed by atoms with Crippen molar-refractivity contribution in [3.05, 3.63) is 76.0 Å². The Hall–Kier alpha value is -2.06. The lowest BCUT2D eigenvalue weighted by molar-refractivity contribution is -0.117. The van der Waals surface area contributed by atoms with Crippen LogP contribution in [-0.2, 0) is 24.1 Å². The van der Waals surface area contributed by atoms with Crippen LogP contribution in [0.3, 0.4) is 0 Å². The summed E-state index contributed by atoms with van der Waals surface area (Å²) in [6, 6.07) is 11.9. The molecule has 2 aromatic carbocycles. The number of hydrogen-bond donors (Lipinski definition) is 1. The molecule has 0 saturated heterocycles. The van der Waals surface area contributed by atoms with E-state index in [1.165, 1.54) is 5.56 Å². The lowest BCUT2D eigenvalue weighted by Gasteiger charge is -2.07. The summed E-state index contributed by atoms with van der Waals surface area (Å²) < 4.78 is 0. The zero-order valence-corrected chi connectivity index (χ0v) is 13.3. The van der Waals surface area contributed by atoms with Crippen LogP contribution in [0.5, 0.6) is 0 Å². The summed E-state index contributed by atoms with van der Waals surface area (Å²) in [5.74, 6) is 0.178. The fraction of sp³-hybridized carbons (Fsp3) is 0.211. The standard InChI is InChI=1S/C19H18ClNO/c1-12-3-5-18(20)15(7-12)11-17(22)10-14-4-6-19-16(9-14)8-13(2)21-19/h3-7,9,21H,2,8,10-11H2,1H3. The molecule has 0 aromatic heterocycles. The van der Waals surface area contributed by atoms with Crippen molar-refractivity contribution in [1.29, 1.82) is 0 Å². The van der Waals surface area contributed by atoms with Gasteiger partial charge in [-0.3, -0.25) is 4.79 Å². The largest absolute Gasteiger partial charge is 0.359 e. The van der Waals surface area contributed by atoms with Gasteiger partial charge in [-0.25, -0.2) is 0 Å². The predicted molar refractivity (Wildman–Crippen MR) is 91.5 cm³/mol. The molecule has 2 aromatic rings. The lowest BCUT2D eigenvalue weighted by atomic mass is 9.99. The Morgan fingerprint density at radius 1 is 1.23 bits per heavy atom. The minimum absolute atomic E-state index is 0.178. The van der Waals surface area contributed by atoms with Gasteiger partial charge in [0.2, 0.25) is 0 Å². The van der Waals surface area contributed by atoms with E-state index in [1.54, 1.807) is 0 Å². The van der Waals surface area contributed by atoms with Crippen LogP contribution in [0.15, 0.2) is 48.7 Å². The second kappa shape index (κ2) is 5.98. The van der Waals surface area contributed by atoms with Gasteiger partial charge in [-0.1, -0.05) is 48.0 Å². The topological polar surface area (TPSA) is 29.1 Å². The summed E-state index contributed by atoms with van der Waals surface area (Å²) in [5, 5.41) is 3.90. The van der Waals surface area contributed by atoms with Gasteiger partial charge >= 0.3 is 0 Å². The lowest BCUT2D eigenvalue weighted by Crippen LogP contribution is -2.07. The van der Waals surface area contributed by atoms with Crippen molar-refractivity contribution in [3.8, 4) is 0 Å². The Bertz CT molecular complexity index is 764. The second-order valence-electron chi connectivity index (χ2n) is 5.88. The number of rotatable bonds is 4. The third kappa shape index (κ3) is 3.23. The first-order valence-corrected chi connectivity index (χ1v) is 7.72. The van der Waals surface area contributed by atoms with Crippen LogP contribution in [0.4, 0.5) is 5.69 Å². The highest BCUT2D eigenvalue weighted by Gasteiger charge is 2.15. The maximum Gasteiger partial charge on any atom is 0.141 e. The molecular formula is C19H18ClNO. The minimum atomic E-state index is 0.178. The maximum absolute atomic E-state index is 12.3. The normalized spacial score (nSPS) is 12.9. The Morgan fingerprint density at radius 3 is 2.86 bits per heavy atom. The first kappa shape index (κ1) is 14.9. The van der Waals surface area contributed by atoms with Gasteiger partial charge in [-0.15, -0.1) is 0 Å². The first-order valence-electron chi connectivity index (χ1n) is 7.34. The van der Waals surface area contributed by atoms with E-state index >= 15 is 0 Å². The summed E-state index contributed by atoms with van der Waals surface area (Å²) in [6.45, 7) is 5.95. The molecular weight excluding hydrogens is 294 g/mol. The number of benzene rings is 2. The monoisotopic (exact) mass is 311 g/mol. The van der Waals surface area contributed by atoms with E-state index < -0.39 is 0 Å². The number of fused-ring (bicyclic) bond motifs is 1. The van der Waals surface area contributed by atoms with Gasteiger partial charge in [0.05, 0.1) is 0 Å². The Morgan fingerprint density at radius 2 is 2.05 bits per heavy atom. The van der Waals surface area contributed by atoms with E-state index in [9.17, 15) is 4.79 Å². The number of nitrogens with one attached hydrogen (secondary N) is 1. The number of hydrogen-bond acceptors (Lipinski definition) is 2. The summed E-state index contributed by atoms with van der Waals surface area (Å²) in [4.78, 5) is 12.3. The number of carbonyl (C=O) groups excluding carboxylic acids is 1. The van der Waals surface area contributed by atoms with Crippen molar-refractivity contribution < 1.29 is 4.79 Å². The first-order chi connectivity index (χ1) is 10.5. The van der Waals surface area contributed by atoms with E-state index in [2.05, 4.69) is 18.0 Å². The molecule has 1 aliphatic rings. The summed E-state index contributed by atoms with van der Waals surface area (Å²) >= 11 is 6.17. The Labute approximate surface area is 135 Å². The second-order valence-corrected chi connectivity index (χ2v) is 6.29. The van der Waals surface area contributed by atoms with Crippen LogP contribution in [0.25, 0.3) is 0 Å². The van der Waals surface area contributed by atoms with Gasteiger partial charge in [0, 0.05) is 35.7 Å². The summed E-state index contributed by atoms with van der Waals surface area (Å²) in [7, 11) is 0. The highest BCUT2D eigenvalue weighted by atomic mass is 35.5. The molecule has 0 spiro atoms. The molecule has 0 atom stereocenters. The van der Waals surface area contributed by atoms with Crippen molar-refractivity contribution in [2.24, 2.45) is 0 Å². The SMILES string of the molecule is C=C1Cc2cc(CC(=O)Cc3cc(C)ccc3Cl)ccc2N1. The van der Waals surface area contributed by atoms with Crippen LogP contribution in [0, 0.1) is 6.92 Å². The van der Waals surface area contributed by atoms with E-state index in [4.69, 9.17) is 11.6 Å². The van der Waals surface area contributed by atoms with Crippen molar-refractivity contribution in [1.82, 2.24) is 0 Å². The number of Topliss-reactive ketones (excluding diaryl/α,β-unsaturated/α-hetero) is 1. The third-order valence-electron chi connectivity index (χ3n) is 3.88. The number of aryl methyl sites for hydroxylation is 1. The zero-order valence-electron chi connectivity index (χ0n) is 12.6. The Balaban J connectivity index is 1.71. The molecule has 22 heavy (non-hydrogen) atoms. The summed E-state index contributed by atoms with van der Waals surface area (Å²) in [5.41, 5.74) is 6.39. The van der Waals surface area contributed by atoms with E-state index in [1.807, 2.05) is 37.3 Å². The van der Waals surface area contributed by atoms with Gasteiger partial charge in [-0.2, -0.15) is 0 Å². The fourth-order valence-corrected chi connectivity index (χ4v) is 3.02. The number of ketones is 1. The van der Waals surface area contributed by atoms with Crippen molar-refractivity contribution in [2.75, 3.05) is 5.32 Å². The molecule has 1 N–H and O–H groups in total. The number of halogens is 1. The molecule has 1 aliphatic heterocycles. The molecule has 3 rings (SSSR count). The van der Waals surface area contributed by atoms with Crippen LogP contribution in [-0.4, -0.2) is 5.78 Å². The van der Waals surface area contributed by atoms with Crippen LogP contribution >= 0.6 is 11.6 Å². The van der Waals surface area contributed by atoms with Gasteiger partial charge in [0.25, 0.3) is 0 Å². The fourth-order valence-electron chi connectivity index (χ4n) is 2.83. The highest BCUT2D eigenvalue weighted by molar-refractivity contribution is 6.31. The molecule has 0 radical (unpaired) electrons. The quantitative estimate of drug-likeness (QED) is 0.901. The molecule has 112 valence electrons. The molecule has 3 heteroatoms. The van der Waals surface area contributed by atoms with Crippen LogP contribution in [0.1, 0.15) is 22.3 Å². The maximum atomic E-state index is 12.3. The smallest absolute Gasteiger partial charge is 0.141 e. The highest BCUT2D eigenvalue weighted by Crippen LogP contribution is 2.28. The van der Waals surface area contributed by atoms with Crippen LogP contribution in [0.2, 0.25) is 5.02 Å². The van der Waals surface area contributed by atoms with Gasteiger partial charge in [-0.05, 0) is 35.7 Å². The molecule has 0 bridgehead atoms. The van der Waals surface area contributed by atoms with Crippen molar-refractivity contribution in [2.45, 2.75) is 26.2 Å². The molecule has 0 amide bonds. The number of anilines is 1. The molecule has 0 unspecified atom stereocenters. The average molecular weight is 312 g/mol. The van der Waals surface area contributed by atoms with Gasteiger partial charge < -0.3 is 5.32 Å². The zero-order chi connectivity index (χ0) is 15.7. The van der Waals surface area contributed by atoms with Crippen molar-refractivity contribution >= 4 is 23.1 Å². The molecule has 1 heterocycles. The van der Waals surface area contributed by atoms with E-state index in [0.29, 0.717) is 17.9 Å². The molecule has 0 aliphatic carbocycles. The molecule has 0 saturated carbocycles. The van der Waals surface area contributed by atoms with Crippen molar-refractivity contribution in [3.63, 3.8) is 0 Å². The van der Waals surface area contributed by atoms with E-state index in [-0.39, 0.29) is 5.78 Å². The van der Waals surface area contributed by atoms with Crippen LogP contribution < -0.4 is 5.32 Å².